The number of benzene rings is 3. The molecular formula is C26H27FN2O4. The zero-order valence-corrected chi connectivity index (χ0v) is 18.7. The first kappa shape index (κ1) is 23.8. The van der Waals surface area contributed by atoms with Gasteiger partial charge in [-0.3, -0.25) is 9.59 Å². The van der Waals surface area contributed by atoms with E-state index >= 15 is 0 Å². The summed E-state index contributed by atoms with van der Waals surface area (Å²) in [5, 5.41) is 2.65. The van der Waals surface area contributed by atoms with Gasteiger partial charge >= 0.3 is 0 Å². The van der Waals surface area contributed by atoms with E-state index in [1.54, 1.807) is 31.4 Å². The second-order valence-electron chi connectivity index (χ2n) is 7.41. The third-order valence-electron chi connectivity index (χ3n) is 5.19. The molecule has 2 amide bonds. The molecule has 6 nitrogen and oxygen atoms in total. The summed E-state index contributed by atoms with van der Waals surface area (Å²) < 4.78 is 24.7. The third kappa shape index (κ3) is 6.55. The predicted molar refractivity (Wildman–Crippen MR) is 123 cm³/mol. The minimum absolute atomic E-state index is 0.0215. The van der Waals surface area contributed by atoms with Crippen LogP contribution >= 0.6 is 0 Å². The molecule has 0 unspecified atom stereocenters. The van der Waals surface area contributed by atoms with E-state index in [4.69, 9.17) is 9.47 Å². The molecule has 0 aliphatic carbocycles. The molecule has 3 rings (SSSR count). The number of amides is 2. The number of carbonyl (C=O) groups is 2. The van der Waals surface area contributed by atoms with Crippen LogP contribution in [0.25, 0.3) is 0 Å². The van der Waals surface area contributed by atoms with Crippen LogP contribution in [0.2, 0.25) is 0 Å². The average Bonchev–Trinajstić information content (AvgIpc) is 2.85. The van der Waals surface area contributed by atoms with Crippen LogP contribution in [-0.2, 0) is 22.6 Å². The highest BCUT2D eigenvalue weighted by Crippen LogP contribution is 2.20. The maximum atomic E-state index is 14.0. The number of ether oxygens (including phenoxy) is 2. The van der Waals surface area contributed by atoms with Crippen molar-refractivity contribution in [2.75, 3.05) is 20.8 Å². The highest BCUT2D eigenvalue weighted by atomic mass is 19.1. The fraction of sp³-hybridized carbons (Fsp3) is 0.231. The van der Waals surface area contributed by atoms with Crippen LogP contribution in [0.4, 0.5) is 4.39 Å². The van der Waals surface area contributed by atoms with Gasteiger partial charge in [-0.25, -0.2) is 4.39 Å². The summed E-state index contributed by atoms with van der Waals surface area (Å²) in [6.07, 6.45) is 0.315. The van der Waals surface area contributed by atoms with Gasteiger partial charge in [0.2, 0.25) is 5.91 Å². The lowest BCUT2D eigenvalue weighted by molar-refractivity contribution is -0.142. The minimum atomic E-state index is -0.791. The van der Waals surface area contributed by atoms with E-state index in [1.807, 2.05) is 42.5 Å². The SMILES string of the molecule is CNC(=O)[C@@H](Cc1ccccc1)N(Cc1cccc(OC)c1)C(=O)COc1ccccc1F. The molecule has 1 atom stereocenters. The molecule has 3 aromatic rings. The van der Waals surface area contributed by atoms with Crippen molar-refractivity contribution < 1.29 is 23.5 Å². The maximum Gasteiger partial charge on any atom is 0.261 e. The summed E-state index contributed by atoms with van der Waals surface area (Å²) in [5.41, 5.74) is 1.69. The number of methoxy groups -OCH3 is 1. The first-order valence-corrected chi connectivity index (χ1v) is 10.6. The first-order valence-electron chi connectivity index (χ1n) is 10.6. The molecule has 0 aromatic heterocycles. The molecular weight excluding hydrogens is 423 g/mol. The number of halogens is 1. The van der Waals surface area contributed by atoms with Crippen LogP contribution in [0.1, 0.15) is 11.1 Å². The Kier molecular flexibility index (Phi) is 8.41. The number of hydrogen-bond donors (Lipinski definition) is 1. The van der Waals surface area contributed by atoms with Crippen molar-refractivity contribution in [3.05, 3.63) is 95.8 Å². The van der Waals surface area contributed by atoms with Crippen molar-refractivity contribution in [3.63, 3.8) is 0 Å². The Morgan fingerprint density at radius 1 is 0.970 bits per heavy atom. The van der Waals surface area contributed by atoms with Gasteiger partial charge in [-0.1, -0.05) is 54.6 Å². The molecule has 0 spiro atoms. The van der Waals surface area contributed by atoms with Crippen LogP contribution in [0, 0.1) is 5.82 Å². The predicted octanol–water partition coefficient (Wildman–Crippen LogP) is 3.60. The van der Waals surface area contributed by atoms with Crippen LogP contribution in [0.15, 0.2) is 78.9 Å². The molecule has 3 aromatic carbocycles. The Morgan fingerprint density at radius 3 is 2.36 bits per heavy atom. The molecule has 0 radical (unpaired) electrons. The summed E-state index contributed by atoms with van der Waals surface area (Å²) in [6.45, 7) is -0.255. The smallest absolute Gasteiger partial charge is 0.261 e. The zero-order chi connectivity index (χ0) is 23.6. The first-order chi connectivity index (χ1) is 16.0. The number of nitrogens with one attached hydrogen (secondary N) is 1. The maximum absolute atomic E-state index is 14.0. The summed E-state index contributed by atoms with van der Waals surface area (Å²) in [5.74, 6) is -0.683. The van der Waals surface area contributed by atoms with Gasteiger partial charge in [-0.05, 0) is 35.4 Å². The van der Waals surface area contributed by atoms with Gasteiger partial charge in [0, 0.05) is 20.0 Å². The van der Waals surface area contributed by atoms with Gasteiger partial charge in [-0.2, -0.15) is 0 Å². The number of likely N-dealkylation sites (N-methyl/N-ethyl adjacent to an activating group) is 1. The van der Waals surface area contributed by atoms with Gasteiger partial charge in [0.15, 0.2) is 18.2 Å². The number of para-hydroxylation sites is 1. The highest BCUT2D eigenvalue weighted by Gasteiger charge is 2.30. The summed E-state index contributed by atoms with van der Waals surface area (Å²) >= 11 is 0. The van der Waals surface area contributed by atoms with Crippen molar-refractivity contribution >= 4 is 11.8 Å². The van der Waals surface area contributed by atoms with E-state index in [0.717, 1.165) is 11.1 Å². The van der Waals surface area contributed by atoms with E-state index in [1.165, 1.54) is 24.1 Å². The molecule has 0 heterocycles. The molecule has 0 saturated heterocycles. The topological polar surface area (TPSA) is 67.9 Å². The monoisotopic (exact) mass is 450 g/mol. The molecule has 0 fully saturated rings. The normalized spacial score (nSPS) is 11.4. The van der Waals surface area contributed by atoms with Crippen molar-refractivity contribution in [3.8, 4) is 11.5 Å². The summed E-state index contributed by atoms with van der Waals surface area (Å²) in [7, 11) is 3.09. The van der Waals surface area contributed by atoms with E-state index in [0.29, 0.717) is 12.2 Å². The van der Waals surface area contributed by atoms with Gasteiger partial charge in [0.05, 0.1) is 7.11 Å². The summed E-state index contributed by atoms with van der Waals surface area (Å²) in [6, 6.07) is 21.8. The van der Waals surface area contributed by atoms with E-state index in [-0.39, 0.29) is 18.2 Å². The number of hydrogen-bond acceptors (Lipinski definition) is 4. The van der Waals surface area contributed by atoms with Gasteiger partial charge < -0.3 is 19.7 Å². The molecule has 0 aliphatic heterocycles. The minimum Gasteiger partial charge on any atom is -0.497 e. The Balaban J connectivity index is 1.89. The quantitative estimate of drug-likeness (QED) is 0.513. The van der Waals surface area contributed by atoms with Crippen LogP contribution < -0.4 is 14.8 Å². The average molecular weight is 451 g/mol. The van der Waals surface area contributed by atoms with E-state index in [2.05, 4.69) is 5.32 Å². The molecule has 0 bridgehead atoms. The van der Waals surface area contributed by atoms with Gasteiger partial charge in [0.1, 0.15) is 11.8 Å². The largest absolute Gasteiger partial charge is 0.497 e. The van der Waals surface area contributed by atoms with Gasteiger partial charge in [-0.15, -0.1) is 0 Å². The van der Waals surface area contributed by atoms with Gasteiger partial charge in [0.25, 0.3) is 5.91 Å². The highest BCUT2D eigenvalue weighted by molar-refractivity contribution is 5.88. The Labute approximate surface area is 192 Å². The summed E-state index contributed by atoms with van der Waals surface area (Å²) in [4.78, 5) is 27.6. The lowest BCUT2D eigenvalue weighted by Crippen LogP contribution is -2.51. The third-order valence-corrected chi connectivity index (χ3v) is 5.19. The molecule has 33 heavy (non-hydrogen) atoms. The molecule has 0 aliphatic rings. The van der Waals surface area contributed by atoms with Crippen LogP contribution in [0.5, 0.6) is 11.5 Å². The van der Waals surface area contributed by atoms with Crippen LogP contribution in [0.3, 0.4) is 0 Å². The van der Waals surface area contributed by atoms with Crippen molar-refractivity contribution in [1.82, 2.24) is 10.2 Å². The van der Waals surface area contributed by atoms with Crippen molar-refractivity contribution in [2.45, 2.75) is 19.0 Å². The fourth-order valence-electron chi connectivity index (χ4n) is 3.47. The number of carbonyl (C=O) groups excluding carboxylic acids is 2. The molecule has 0 saturated carbocycles. The molecule has 7 heteroatoms. The Morgan fingerprint density at radius 2 is 1.67 bits per heavy atom. The lowest BCUT2D eigenvalue weighted by Gasteiger charge is -2.31. The zero-order valence-electron chi connectivity index (χ0n) is 18.7. The second-order valence-corrected chi connectivity index (χ2v) is 7.41. The molecule has 1 N–H and O–H groups in total. The number of nitrogens with zero attached hydrogens (tertiary/aromatic N) is 1. The van der Waals surface area contributed by atoms with E-state index < -0.39 is 24.4 Å². The molecule has 172 valence electrons. The lowest BCUT2D eigenvalue weighted by atomic mass is 10.0. The Bertz CT molecular complexity index is 1070. The standard InChI is InChI=1S/C26H27FN2O4/c1-28-26(31)23(16-19-9-4-3-5-10-19)29(17-20-11-8-12-21(15-20)32-2)25(30)18-33-24-14-7-6-13-22(24)27/h3-15,23H,16-18H2,1-2H3,(H,28,31)/t23-/m1/s1. The van der Waals surface area contributed by atoms with Crippen molar-refractivity contribution in [2.24, 2.45) is 0 Å². The fourth-order valence-corrected chi connectivity index (χ4v) is 3.47. The van der Waals surface area contributed by atoms with Crippen molar-refractivity contribution in [1.29, 1.82) is 0 Å². The van der Waals surface area contributed by atoms with Crippen LogP contribution in [-0.4, -0.2) is 43.5 Å². The van der Waals surface area contributed by atoms with E-state index in [9.17, 15) is 14.0 Å². The number of rotatable bonds is 10. The Hall–Kier alpha value is -3.87. The second kappa shape index (κ2) is 11.7.